The Bertz CT molecular complexity index is 765. The lowest BCUT2D eigenvalue weighted by Crippen LogP contribution is -2.26. The summed E-state index contributed by atoms with van der Waals surface area (Å²) in [5.74, 6) is 0.911. The molecule has 7 heteroatoms. The second-order valence-corrected chi connectivity index (χ2v) is 5.97. The molecule has 25 heavy (non-hydrogen) atoms. The van der Waals surface area contributed by atoms with E-state index in [1.165, 1.54) is 21.3 Å². The first-order valence-corrected chi connectivity index (χ1v) is 8.28. The van der Waals surface area contributed by atoms with Gasteiger partial charge in [0.1, 0.15) is 0 Å². The van der Waals surface area contributed by atoms with Gasteiger partial charge in [0.15, 0.2) is 11.5 Å². The Balaban J connectivity index is 2.10. The number of hydrogen-bond donors (Lipinski definition) is 1. The molecule has 0 aromatic heterocycles. The number of methoxy groups -OCH3 is 3. The molecular weight excluding hydrogens is 365 g/mol. The van der Waals surface area contributed by atoms with Crippen LogP contribution in [0.3, 0.4) is 0 Å². The molecule has 0 spiro atoms. The first-order chi connectivity index (χ1) is 12.0. The van der Waals surface area contributed by atoms with Crippen molar-refractivity contribution < 1.29 is 19.0 Å². The third-order valence-electron chi connectivity index (χ3n) is 3.64. The van der Waals surface area contributed by atoms with Gasteiger partial charge in [-0.3, -0.25) is 4.79 Å². The third-order valence-corrected chi connectivity index (χ3v) is 4.23. The Hall–Kier alpha value is -2.11. The molecule has 1 N–H and O–H groups in total. The van der Waals surface area contributed by atoms with Gasteiger partial charge in [0.05, 0.1) is 26.9 Å². The van der Waals surface area contributed by atoms with Crippen molar-refractivity contribution in [2.45, 2.75) is 6.42 Å². The molecule has 1 amide bonds. The van der Waals surface area contributed by atoms with Crippen LogP contribution in [0, 0.1) is 0 Å². The van der Waals surface area contributed by atoms with Crippen molar-refractivity contribution in [3.63, 3.8) is 0 Å². The minimum atomic E-state index is -0.275. The molecule has 2 rings (SSSR count). The monoisotopic (exact) mass is 383 g/mol. The van der Waals surface area contributed by atoms with Crippen molar-refractivity contribution in [1.29, 1.82) is 0 Å². The van der Waals surface area contributed by atoms with Crippen molar-refractivity contribution in [2.24, 2.45) is 0 Å². The van der Waals surface area contributed by atoms with Crippen LogP contribution in [0.1, 0.15) is 15.9 Å². The number of ether oxygens (including phenoxy) is 3. The highest BCUT2D eigenvalue weighted by Crippen LogP contribution is 2.39. The highest BCUT2D eigenvalue weighted by atomic mass is 35.5. The van der Waals surface area contributed by atoms with Crippen LogP contribution >= 0.6 is 23.2 Å². The molecule has 0 aliphatic carbocycles. The summed E-state index contributed by atoms with van der Waals surface area (Å²) in [6.45, 7) is 0.414. The molecule has 0 fully saturated rings. The zero-order valence-electron chi connectivity index (χ0n) is 14.2. The number of amides is 1. The van der Waals surface area contributed by atoms with Crippen LogP contribution in [0.15, 0.2) is 30.3 Å². The second kappa shape index (κ2) is 8.83. The Morgan fingerprint density at radius 3 is 2.32 bits per heavy atom. The summed E-state index contributed by atoms with van der Waals surface area (Å²) in [4.78, 5) is 12.5. The van der Waals surface area contributed by atoms with Crippen molar-refractivity contribution >= 4 is 29.1 Å². The van der Waals surface area contributed by atoms with Crippen LogP contribution in [-0.4, -0.2) is 33.8 Å². The maximum Gasteiger partial charge on any atom is 0.255 e. The summed E-state index contributed by atoms with van der Waals surface area (Å²) in [6.07, 6.45) is 0.581. The number of nitrogens with one attached hydrogen (secondary N) is 1. The van der Waals surface area contributed by atoms with E-state index in [0.29, 0.717) is 45.8 Å². The molecule has 0 unspecified atom stereocenters. The standard InChI is InChI=1S/C18H19Cl2NO4/c1-23-15-7-6-13(16(24-2)17(15)25-3)18(22)21-9-8-11-4-5-12(19)10-14(11)20/h4-7,10H,8-9H2,1-3H3,(H,21,22). The van der Waals surface area contributed by atoms with Gasteiger partial charge in [-0.15, -0.1) is 0 Å². The molecule has 0 bridgehead atoms. The molecule has 0 heterocycles. The zero-order chi connectivity index (χ0) is 18.4. The number of rotatable bonds is 7. The molecule has 5 nitrogen and oxygen atoms in total. The van der Waals surface area contributed by atoms with E-state index in [-0.39, 0.29) is 5.91 Å². The molecule has 0 saturated carbocycles. The smallest absolute Gasteiger partial charge is 0.255 e. The van der Waals surface area contributed by atoms with Gasteiger partial charge in [0.25, 0.3) is 5.91 Å². The average Bonchev–Trinajstić information content (AvgIpc) is 2.61. The Morgan fingerprint density at radius 2 is 1.72 bits per heavy atom. The van der Waals surface area contributed by atoms with E-state index in [4.69, 9.17) is 37.4 Å². The van der Waals surface area contributed by atoms with Gasteiger partial charge >= 0.3 is 0 Å². The summed E-state index contributed by atoms with van der Waals surface area (Å²) in [6, 6.07) is 8.57. The number of carbonyl (C=O) groups is 1. The van der Waals surface area contributed by atoms with Crippen LogP contribution in [0.2, 0.25) is 10.0 Å². The Kier molecular flexibility index (Phi) is 6.79. The van der Waals surface area contributed by atoms with Gasteiger partial charge in [-0.05, 0) is 36.2 Å². The van der Waals surface area contributed by atoms with Crippen LogP contribution in [-0.2, 0) is 6.42 Å². The van der Waals surface area contributed by atoms with Gasteiger partial charge in [-0.2, -0.15) is 0 Å². The maximum atomic E-state index is 12.5. The number of benzene rings is 2. The fourth-order valence-corrected chi connectivity index (χ4v) is 2.91. The van der Waals surface area contributed by atoms with Crippen molar-refractivity contribution in [3.05, 3.63) is 51.5 Å². The van der Waals surface area contributed by atoms with E-state index < -0.39 is 0 Å². The highest BCUT2D eigenvalue weighted by molar-refractivity contribution is 6.35. The fourth-order valence-electron chi connectivity index (χ4n) is 2.41. The molecule has 0 atom stereocenters. The topological polar surface area (TPSA) is 56.8 Å². The van der Waals surface area contributed by atoms with Crippen molar-refractivity contribution in [3.8, 4) is 17.2 Å². The predicted molar refractivity (Wildman–Crippen MR) is 98.6 cm³/mol. The van der Waals surface area contributed by atoms with Crippen molar-refractivity contribution in [2.75, 3.05) is 27.9 Å². The molecule has 0 aliphatic heterocycles. The largest absolute Gasteiger partial charge is 0.493 e. The minimum Gasteiger partial charge on any atom is -0.493 e. The lowest BCUT2D eigenvalue weighted by molar-refractivity contribution is 0.0950. The second-order valence-electron chi connectivity index (χ2n) is 5.12. The normalized spacial score (nSPS) is 10.3. The van der Waals surface area contributed by atoms with E-state index in [9.17, 15) is 4.79 Å². The van der Waals surface area contributed by atoms with Gasteiger partial charge < -0.3 is 19.5 Å². The van der Waals surface area contributed by atoms with Gasteiger partial charge in [0.2, 0.25) is 5.75 Å². The lowest BCUT2D eigenvalue weighted by atomic mass is 10.1. The Labute approximate surface area is 156 Å². The highest BCUT2D eigenvalue weighted by Gasteiger charge is 2.20. The third kappa shape index (κ3) is 4.50. The van der Waals surface area contributed by atoms with Gasteiger partial charge in [-0.1, -0.05) is 29.3 Å². The van der Waals surface area contributed by atoms with E-state index in [2.05, 4.69) is 5.32 Å². The predicted octanol–water partition coefficient (Wildman–Crippen LogP) is 3.99. The quantitative estimate of drug-likeness (QED) is 0.784. The molecule has 0 aliphatic rings. The first kappa shape index (κ1) is 19.2. The number of carbonyl (C=O) groups excluding carboxylic acids is 1. The summed E-state index contributed by atoms with van der Waals surface area (Å²) in [5, 5.41) is 4.00. The number of halogens is 2. The maximum absolute atomic E-state index is 12.5. The van der Waals surface area contributed by atoms with Gasteiger partial charge in [-0.25, -0.2) is 0 Å². The summed E-state index contributed by atoms with van der Waals surface area (Å²) >= 11 is 12.0. The summed E-state index contributed by atoms with van der Waals surface area (Å²) in [5.41, 5.74) is 1.27. The van der Waals surface area contributed by atoms with E-state index in [0.717, 1.165) is 5.56 Å². The van der Waals surface area contributed by atoms with Crippen LogP contribution < -0.4 is 19.5 Å². The fraction of sp³-hybridized carbons (Fsp3) is 0.278. The molecule has 0 radical (unpaired) electrons. The van der Waals surface area contributed by atoms with Crippen molar-refractivity contribution in [1.82, 2.24) is 5.32 Å². The molecule has 2 aromatic carbocycles. The van der Waals surface area contributed by atoms with Crippen LogP contribution in [0.4, 0.5) is 0 Å². The van der Waals surface area contributed by atoms with E-state index in [1.54, 1.807) is 24.3 Å². The molecule has 0 saturated heterocycles. The molecule has 2 aromatic rings. The summed E-state index contributed by atoms with van der Waals surface area (Å²) in [7, 11) is 4.49. The molecular formula is C18H19Cl2NO4. The Morgan fingerprint density at radius 1 is 1.00 bits per heavy atom. The SMILES string of the molecule is COc1ccc(C(=O)NCCc2ccc(Cl)cc2Cl)c(OC)c1OC. The summed E-state index contributed by atoms with van der Waals surface area (Å²) < 4.78 is 15.8. The molecule has 134 valence electrons. The first-order valence-electron chi connectivity index (χ1n) is 7.53. The van der Waals surface area contributed by atoms with Gasteiger partial charge in [0, 0.05) is 16.6 Å². The van der Waals surface area contributed by atoms with E-state index in [1.807, 2.05) is 6.07 Å². The minimum absolute atomic E-state index is 0.275. The average molecular weight is 384 g/mol. The lowest BCUT2D eigenvalue weighted by Gasteiger charge is -2.15. The van der Waals surface area contributed by atoms with Crippen LogP contribution in [0.5, 0.6) is 17.2 Å². The zero-order valence-corrected chi connectivity index (χ0v) is 15.7. The van der Waals surface area contributed by atoms with Crippen LogP contribution in [0.25, 0.3) is 0 Å². The van der Waals surface area contributed by atoms with E-state index >= 15 is 0 Å². The number of hydrogen-bond acceptors (Lipinski definition) is 4.